The van der Waals surface area contributed by atoms with E-state index in [1.807, 2.05) is 54.6 Å². The van der Waals surface area contributed by atoms with Crippen LogP contribution in [0.1, 0.15) is 49.7 Å². The predicted molar refractivity (Wildman–Crippen MR) is 125 cm³/mol. The molecule has 0 spiro atoms. The van der Waals surface area contributed by atoms with E-state index >= 15 is 0 Å². The molecule has 1 atom stereocenters. The fourth-order valence-corrected chi connectivity index (χ4v) is 6.73. The molecular formula is C28H33NO4. The highest BCUT2D eigenvalue weighted by Gasteiger charge is 2.55. The molecule has 174 valence electrons. The second-order valence-electron chi connectivity index (χ2n) is 10.4. The molecule has 33 heavy (non-hydrogen) atoms. The summed E-state index contributed by atoms with van der Waals surface area (Å²) in [4.78, 5) is 26.0. The number of benzene rings is 2. The van der Waals surface area contributed by atoms with Gasteiger partial charge in [-0.1, -0.05) is 42.5 Å². The number of ether oxygens (including phenoxy) is 2. The molecule has 2 aromatic rings. The lowest BCUT2D eigenvalue weighted by Crippen LogP contribution is -2.56. The van der Waals surface area contributed by atoms with Crippen molar-refractivity contribution in [2.75, 3.05) is 7.11 Å². The van der Waals surface area contributed by atoms with Gasteiger partial charge in [0, 0.05) is 11.8 Å². The number of rotatable bonds is 8. The third-order valence-electron chi connectivity index (χ3n) is 7.92. The van der Waals surface area contributed by atoms with E-state index in [9.17, 15) is 9.59 Å². The van der Waals surface area contributed by atoms with Crippen LogP contribution in [-0.2, 0) is 27.4 Å². The molecule has 4 aliphatic rings. The van der Waals surface area contributed by atoms with Crippen LogP contribution >= 0.6 is 0 Å². The van der Waals surface area contributed by atoms with Gasteiger partial charge >= 0.3 is 5.97 Å². The second kappa shape index (κ2) is 9.20. The standard InChI is InChI=1S/C28H33NO4/c1-32-26(30)25(29-27(31)28-15-21-11-22(16-28)13-23(12-21)17-28)14-19-7-9-24(10-8-19)33-18-20-5-3-2-4-6-20/h2-10,21-23,25H,11-18H2,1H3,(H,29,31)/t21?,22?,23?,25-,28?/m0/s1. The summed E-state index contributed by atoms with van der Waals surface area (Å²) in [5.41, 5.74) is 1.79. The van der Waals surface area contributed by atoms with E-state index in [1.54, 1.807) is 0 Å². The molecule has 1 amide bonds. The monoisotopic (exact) mass is 447 g/mol. The Kier molecular flexibility index (Phi) is 6.13. The molecule has 4 saturated carbocycles. The maximum Gasteiger partial charge on any atom is 0.328 e. The maximum absolute atomic E-state index is 13.5. The zero-order chi connectivity index (χ0) is 22.8. The molecular weight excluding hydrogens is 414 g/mol. The van der Waals surface area contributed by atoms with Gasteiger partial charge in [-0.15, -0.1) is 0 Å². The number of hydrogen-bond acceptors (Lipinski definition) is 4. The largest absolute Gasteiger partial charge is 0.489 e. The van der Waals surface area contributed by atoms with Crippen molar-refractivity contribution < 1.29 is 19.1 Å². The number of nitrogens with one attached hydrogen (secondary N) is 1. The fraction of sp³-hybridized carbons (Fsp3) is 0.500. The molecule has 5 heteroatoms. The summed E-state index contributed by atoms with van der Waals surface area (Å²) in [6.45, 7) is 0.506. The predicted octanol–water partition coefficient (Wildman–Crippen LogP) is 4.68. The van der Waals surface area contributed by atoms with Crippen LogP contribution in [0.25, 0.3) is 0 Å². The van der Waals surface area contributed by atoms with Crippen LogP contribution in [0, 0.1) is 23.2 Å². The highest BCUT2D eigenvalue weighted by molar-refractivity contribution is 5.88. The molecule has 0 saturated heterocycles. The molecule has 4 fully saturated rings. The summed E-state index contributed by atoms with van der Waals surface area (Å²) in [6.07, 6.45) is 7.19. The normalized spacial score (nSPS) is 28.2. The van der Waals surface area contributed by atoms with Crippen molar-refractivity contribution in [1.29, 1.82) is 0 Å². The van der Waals surface area contributed by atoms with Crippen molar-refractivity contribution in [1.82, 2.24) is 5.32 Å². The number of methoxy groups -OCH3 is 1. The Labute approximate surface area is 195 Å². The molecule has 4 bridgehead atoms. The van der Waals surface area contributed by atoms with Gasteiger partial charge in [0.15, 0.2) is 0 Å². The van der Waals surface area contributed by atoms with Crippen LogP contribution in [0.2, 0.25) is 0 Å². The average molecular weight is 448 g/mol. The van der Waals surface area contributed by atoms with Gasteiger partial charge in [0.2, 0.25) is 5.91 Å². The van der Waals surface area contributed by atoms with E-state index in [0.717, 1.165) is 36.1 Å². The topological polar surface area (TPSA) is 64.6 Å². The smallest absolute Gasteiger partial charge is 0.328 e. The van der Waals surface area contributed by atoms with E-state index in [0.29, 0.717) is 30.8 Å². The Morgan fingerprint density at radius 2 is 1.52 bits per heavy atom. The molecule has 5 nitrogen and oxygen atoms in total. The van der Waals surface area contributed by atoms with Crippen molar-refractivity contribution in [3.8, 4) is 5.75 Å². The molecule has 0 aromatic heterocycles. The first-order chi connectivity index (χ1) is 16.0. The van der Waals surface area contributed by atoms with Gasteiger partial charge in [-0.2, -0.15) is 0 Å². The molecule has 0 unspecified atom stereocenters. The van der Waals surface area contributed by atoms with Crippen molar-refractivity contribution >= 4 is 11.9 Å². The van der Waals surface area contributed by atoms with Gasteiger partial charge in [0.1, 0.15) is 18.4 Å². The van der Waals surface area contributed by atoms with E-state index in [-0.39, 0.29) is 11.3 Å². The van der Waals surface area contributed by atoms with E-state index in [2.05, 4.69) is 5.32 Å². The van der Waals surface area contributed by atoms with Crippen LogP contribution in [0.4, 0.5) is 0 Å². The first kappa shape index (κ1) is 22.0. The summed E-state index contributed by atoms with van der Waals surface area (Å²) in [6, 6.07) is 17.1. The van der Waals surface area contributed by atoms with E-state index < -0.39 is 12.0 Å². The summed E-state index contributed by atoms with van der Waals surface area (Å²) < 4.78 is 10.9. The Bertz CT molecular complexity index is 949. The Morgan fingerprint density at radius 3 is 2.09 bits per heavy atom. The van der Waals surface area contributed by atoms with Gasteiger partial charge < -0.3 is 14.8 Å². The highest BCUT2D eigenvalue weighted by atomic mass is 16.5. The van der Waals surface area contributed by atoms with Crippen LogP contribution in [-0.4, -0.2) is 25.0 Å². The third kappa shape index (κ3) is 4.78. The van der Waals surface area contributed by atoms with Crippen molar-refractivity contribution in [2.24, 2.45) is 23.2 Å². The average Bonchev–Trinajstić information content (AvgIpc) is 2.82. The number of carbonyl (C=O) groups excluding carboxylic acids is 2. The summed E-state index contributed by atoms with van der Waals surface area (Å²) >= 11 is 0. The minimum absolute atomic E-state index is 0.0554. The van der Waals surface area contributed by atoms with Gasteiger partial charge in [-0.05, 0) is 79.5 Å². The molecule has 0 radical (unpaired) electrons. The zero-order valence-electron chi connectivity index (χ0n) is 19.3. The Morgan fingerprint density at radius 1 is 0.909 bits per heavy atom. The number of esters is 1. The summed E-state index contributed by atoms with van der Waals surface area (Å²) in [5.74, 6) is 2.48. The van der Waals surface area contributed by atoms with Gasteiger partial charge in [0.05, 0.1) is 7.11 Å². The number of carbonyl (C=O) groups is 2. The Hall–Kier alpha value is -2.82. The van der Waals surface area contributed by atoms with Gasteiger partial charge in [-0.25, -0.2) is 4.79 Å². The lowest BCUT2D eigenvalue weighted by atomic mass is 9.49. The van der Waals surface area contributed by atoms with Crippen LogP contribution < -0.4 is 10.1 Å². The minimum Gasteiger partial charge on any atom is -0.489 e. The lowest BCUT2D eigenvalue weighted by Gasteiger charge is -2.55. The molecule has 0 heterocycles. The van der Waals surface area contributed by atoms with E-state index in [4.69, 9.17) is 9.47 Å². The molecule has 0 aliphatic heterocycles. The molecule has 4 aliphatic carbocycles. The summed E-state index contributed by atoms with van der Waals surface area (Å²) in [5, 5.41) is 3.09. The third-order valence-corrected chi connectivity index (χ3v) is 7.92. The summed E-state index contributed by atoms with van der Waals surface area (Å²) in [7, 11) is 1.38. The fourth-order valence-electron chi connectivity index (χ4n) is 6.73. The van der Waals surface area contributed by atoms with Crippen LogP contribution in [0.3, 0.4) is 0 Å². The van der Waals surface area contributed by atoms with Crippen molar-refractivity contribution in [3.05, 3.63) is 65.7 Å². The molecule has 1 N–H and O–H groups in total. The van der Waals surface area contributed by atoms with Gasteiger partial charge in [0.25, 0.3) is 0 Å². The lowest BCUT2D eigenvalue weighted by molar-refractivity contribution is -0.152. The quantitative estimate of drug-likeness (QED) is 0.597. The number of hydrogen-bond donors (Lipinski definition) is 1. The molecule has 2 aromatic carbocycles. The number of amides is 1. The zero-order valence-corrected chi connectivity index (χ0v) is 19.3. The molecule has 6 rings (SSSR count). The Balaban J connectivity index is 1.22. The van der Waals surface area contributed by atoms with Crippen LogP contribution in [0.5, 0.6) is 5.75 Å². The van der Waals surface area contributed by atoms with E-state index in [1.165, 1.54) is 26.4 Å². The first-order valence-corrected chi connectivity index (χ1v) is 12.2. The van der Waals surface area contributed by atoms with Crippen molar-refractivity contribution in [2.45, 2.75) is 57.6 Å². The van der Waals surface area contributed by atoms with Gasteiger partial charge in [-0.3, -0.25) is 4.79 Å². The second-order valence-corrected chi connectivity index (χ2v) is 10.4. The first-order valence-electron chi connectivity index (χ1n) is 12.2. The minimum atomic E-state index is -0.674. The van der Waals surface area contributed by atoms with Crippen LogP contribution in [0.15, 0.2) is 54.6 Å². The maximum atomic E-state index is 13.5. The SMILES string of the molecule is COC(=O)[C@H](Cc1ccc(OCc2ccccc2)cc1)NC(=O)C12CC3CC(CC(C3)C1)C2. The van der Waals surface area contributed by atoms with Crippen molar-refractivity contribution in [3.63, 3.8) is 0 Å². The highest BCUT2D eigenvalue weighted by Crippen LogP contribution is 2.60.